The smallest absolute Gasteiger partial charge is 0.282 e. The van der Waals surface area contributed by atoms with Gasteiger partial charge in [0.2, 0.25) is 11.8 Å². The third kappa shape index (κ3) is 2.59. The minimum absolute atomic E-state index is 0.0245. The lowest BCUT2D eigenvalue weighted by atomic mass is 10.3. The highest BCUT2D eigenvalue weighted by Gasteiger charge is 2.24. The topological polar surface area (TPSA) is 77.5 Å². The number of halogens is 2. The van der Waals surface area contributed by atoms with Crippen molar-refractivity contribution in [2.45, 2.75) is 5.03 Å². The summed E-state index contributed by atoms with van der Waals surface area (Å²) < 4.78 is 50.2. The van der Waals surface area contributed by atoms with E-state index >= 15 is 0 Å². The van der Waals surface area contributed by atoms with Crippen molar-refractivity contribution in [3.05, 3.63) is 41.3 Å². The lowest BCUT2D eigenvalue weighted by Crippen LogP contribution is -2.16. The van der Waals surface area contributed by atoms with Gasteiger partial charge in [0.05, 0.1) is 10.7 Å². The van der Waals surface area contributed by atoms with Crippen LogP contribution in [0.2, 0.25) is 5.02 Å². The van der Waals surface area contributed by atoms with Crippen LogP contribution in [0.3, 0.4) is 0 Å². The third-order valence-electron chi connectivity index (χ3n) is 2.69. The van der Waals surface area contributed by atoms with E-state index in [0.29, 0.717) is 11.5 Å². The van der Waals surface area contributed by atoms with Crippen LogP contribution in [-0.4, -0.2) is 20.2 Å². The number of pyridine rings is 1. The molecule has 0 amide bonds. The maximum absolute atomic E-state index is 13.5. The number of hydrogen-bond donors (Lipinski definition) is 1. The Balaban J connectivity index is 1.99. The summed E-state index contributed by atoms with van der Waals surface area (Å²) in [6, 6.07) is 5.07. The van der Waals surface area contributed by atoms with Crippen molar-refractivity contribution in [2.75, 3.05) is 11.5 Å². The number of nitrogens with zero attached hydrogens (tertiary/aromatic N) is 1. The van der Waals surface area contributed by atoms with Crippen LogP contribution in [0.1, 0.15) is 0 Å². The standard InChI is InChI=1S/C12H8ClFN2O4S/c13-7-4-10-11(20-6-19-10)5-9(7)16-21(17,18)12-8(14)2-1-3-15-12/h1-5,16H,6H2. The molecule has 9 heteroatoms. The van der Waals surface area contributed by atoms with E-state index in [9.17, 15) is 12.8 Å². The molecule has 0 saturated carbocycles. The Morgan fingerprint density at radius 2 is 2.00 bits per heavy atom. The number of benzene rings is 1. The van der Waals surface area contributed by atoms with Gasteiger partial charge >= 0.3 is 0 Å². The zero-order valence-corrected chi connectivity index (χ0v) is 11.9. The van der Waals surface area contributed by atoms with Crippen molar-refractivity contribution in [3.63, 3.8) is 0 Å². The van der Waals surface area contributed by atoms with Crippen LogP contribution < -0.4 is 14.2 Å². The molecule has 0 fully saturated rings. The van der Waals surface area contributed by atoms with Crippen LogP contribution in [-0.2, 0) is 10.0 Å². The predicted octanol–water partition coefficient (Wildman–Crippen LogP) is 2.40. The lowest BCUT2D eigenvalue weighted by Gasteiger charge is -2.10. The van der Waals surface area contributed by atoms with Gasteiger partial charge in [0, 0.05) is 18.3 Å². The van der Waals surface area contributed by atoms with E-state index in [1.165, 1.54) is 24.4 Å². The van der Waals surface area contributed by atoms with Gasteiger partial charge < -0.3 is 9.47 Å². The Kier molecular flexibility index (Phi) is 3.34. The first kappa shape index (κ1) is 13.9. The molecule has 1 aliphatic heterocycles. The highest BCUT2D eigenvalue weighted by atomic mass is 35.5. The maximum atomic E-state index is 13.5. The molecule has 0 spiro atoms. The van der Waals surface area contributed by atoms with E-state index in [4.69, 9.17) is 21.1 Å². The van der Waals surface area contributed by atoms with Crippen LogP contribution in [0.15, 0.2) is 35.5 Å². The van der Waals surface area contributed by atoms with Crippen LogP contribution in [0.4, 0.5) is 10.1 Å². The van der Waals surface area contributed by atoms with Crippen molar-refractivity contribution in [2.24, 2.45) is 0 Å². The Bertz CT molecular complexity index is 813. The lowest BCUT2D eigenvalue weighted by molar-refractivity contribution is 0.174. The monoisotopic (exact) mass is 330 g/mol. The van der Waals surface area contributed by atoms with Crippen molar-refractivity contribution in [1.82, 2.24) is 4.98 Å². The van der Waals surface area contributed by atoms with Gasteiger partial charge in [-0.1, -0.05) is 11.6 Å². The van der Waals surface area contributed by atoms with Gasteiger partial charge in [-0.3, -0.25) is 4.72 Å². The highest BCUT2D eigenvalue weighted by molar-refractivity contribution is 7.92. The molecule has 1 aliphatic rings. The second-order valence-electron chi connectivity index (χ2n) is 4.08. The molecule has 0 saturated heterocycles. The fraction of sp³-hybridized carbons (Fsp3) is 0.0833. The van der Waals surface area contributed by atoms with Gasteiger partial charge in [-0.05, 0) is 12.1 Å². The van der Waals surface area contributed by atoms with E-state index in [0.717, 1.165) is 6.07 Å². The number of aromatic nitrogens is 1. The van der Waals surface area contributed by atoms with E-state index < -0.39 is 20.9 Å². The second kappa shape index (κ2) is 5.05. The molecule has 0 unspecified atom stereocenters. The first-order valence-corrected chi connectivity index (χ1v) is 7.56. The fourth-order valence-corrected chi connectivity index (χ4v) is 3.09. The van der Waals surface area contributed by atoms with Crippen LogP contribution >= 0.6 is 11.6 Å². The quantitative estimate of drug-likeness (QED) is 0.935. The van der Waals surface area contributed by atoms with Crippen LogP contribution in [0.25, 0.3) is 0 Å². The summed E-state index contributed by atoms with van der Waals surface area (Å²) in [6.07, 6.45) is 1.18. The van der Waals surface area contributed by atoms with Crippen LogP contribution in [0, 0.1) is 5.82 Å². The Hall–Kier alpha value is -2.06. The molecule has 0 radical (unpaired) electrons. The molecule has 1 N–H and O–H groups in total. The number of sulfonamides is 1. The van der Waals surface area contributed by atoms with E-state index in [1.54, 1.807) is 0 Å². The van der Waals surface area contributed by atoms with Crippen LogP contribution in [0.5, 0.6) is 11.5 Å². The molecule has 1 aromatic carbocycles. The molecule has 110 valence electrons. The van der Waals surface area contributed by atoms with E-state index in [2.05, 4.69) is 9.71 Å². The molecule has 1 aromatic heterocycles. The maximum Gasteiger partial charge on any atom is 0.282 e. The van der Waals surface area contributed by atoms with Gasteiger partial charge in [0.25, 0.3) is 10.0 Å². The van der Waals surface area contributed by atoms with Crippen molar-refractivity contribution in [1.29, 1.82) is 0 Å². The summed E-state index contributed by atoms with van der Waals surface area (Å²) in [7, 11) is -4.20. The molecule has 3 rings (SSSR count). The van der Waals surface area contributed by atoms with Crippen molar-refractivity contribution < 1.29 is 22.3 Å². The number of ether oxygens (including phenoxy) is 2. The summed E-state index contributed by atoms with van der Waals surface area (Å²) >= 11 is 5.96. The van der Waals surface area contributed by atoms with Gasteiger partial charge in [-0.25, -0.2) is 9.37 Å². The Morgan fingerprint density at radius 1 is 1.29 bits per heavy atom. The molecular formula is C12H8ClFN2O4S. The van der Waals surface area contributed by atoms with E-state index in [1.807, 2.05) is 0 Å². The summed E-state index contributed by atoms with van der Waals surface area (Å²) in [5.41, 5.74) is 0.0472. The first-order chi connectivity index (χ1) is 9.97. The zero-order valence-electron chi connectivity index (χ0n) is 10.3. The second-order valence-corrected chi connectivity index (χ2v) is 6.09. The summed E-state index contributed by atoms with van der Waals surface area (Å²) in [4.78, 5) is 3.52. The number of rotatable bonds is 3. The van der Waals surface area contributed by atoms with Gasteiger partial charge in [-0.2, -0.15) is 8.42 Å². The number of anilines is 1. The highest BCUT2D eigenvalue weighted by Crippen LogP contribution is 2.39. The van der Waals surface area contributed by atoms with Gasteiger partial charge in [-0.15, -0.1) is 0 Å². The largest absolute Gasteiger partial charge is 0.454 e. The van der Waals surface area contributed by atoms with Crippen molar-refractivity contribution in [3.8, 4) is 11.5 Å². The molecule has 0 atom stereocenters. The minimum Gasteiger partial charge on any atom is -0.454 e. The number of hydrogen-bond acceptors (Lipinski definition) is 5. The summed E-state index contributed by atoms with van der Waals surface area (Å²) in [5, 5.41) is -0.613. The van der Waals surface area contributed by atoms with Gasteiger partial charge in [0.1, 0.15) is 0 Å². The molecule has 0 bridgehead atoms. The molecule has 6 nitrogen and oxygen atoms in total. The Labute approximate surface area is 124 Å². The predicted molar refractivity (Wildman–Crippen MR) is 72.6 cm³/mol. The van der Waals surface area contributed by atoms with E-state index in [-0.39, 0.29) is 17.5 Å². The zero-order chi connectivity index (χ0) is 15.0. The Morgan fingerprint density at radius 3 is 2.71 bits per heavy atom. The summed E-state index contributed by atoms with van der Waals surface area (Å²) in [6.45, 7) is 0.0245. The molecule has 2 heterocycles. The average Bonchev–Trinajstić information content (AvgIpc) is 2.86. The SMILES string of the molecule is O=S(=O)(Nc1cc2c(cc1Cl)OCO2)c1ncccc1F. The molecule has 0 aliphatic carbocycles. The number of nitrogens with one attached hydrogen (secondary N) is 1. The number of fused-ring (bicyclic) bond motifs is 1. The molecule has 2 aromatic rings. The first-order valence-electron chi connectivity index (χ1n) is 5.70. The third-order valence-corrected chi connectivity index (χ3v) is 4.30. The molecule has 21 heavy (non-hydrogen) atoms. The van der Waals surface area contributed by atoms with Gasteiger partial charge in [0.15, 0.2) is 17.3 Å². The molecular weight excluding hydrogens is 323 g/mol. The summed E-state index contributed by atoms with van der Waals surface area (Å²) in [5.74, 6) is -0.201. The fourth-order valence-electron chi connectivity index (χ4n) is 1.76. The van der Waals surface area contributed by atoms with Crippen molar-refractivity contribution >= 4 is 27.3 Å². The minimum atomic E-state index is -4.20. The normalized spacial score (nSPS) is 13.2. The average molecular weight is 331 g/mol.